The van der Waals surface area contributed by atoms with Gasteiger partial charge in [-0.05, 0) is 36.8 Å². The Morgan fingerprint density at radius 3 is 2.62 bits per heavy atom. The Morgan fingerprint density at radius 1 is 1.18 bits per heavy atom. The van der Waals surface area contributed by atoms with E-state index in [2.05, 4.69) is 25.2 Å². The van der Waals surface area contributed by atoms with E-state index >= 15 is 0 Å². The minimum atomic E-state index is -0.727. The second kappa shape index (κ2) is 8.25. The Balaban J connectivity index is 1.47. The molecule has 1 aliphatic heterocycles. The second-order valence-electron chi connectivity index (χ2n) is 9.29. The zero-order chi connectivity index (χ0) is 24.0. The third-order valence-corrected chi connectivity index (χ3v) is 6.40. The summed E-state index contributed by atoms with van der Waals surface area (Å²) in [6.07, 6.45) is 3.56. The number of piperidine rings is 1. The van der Waals surface area contributed by atoms with Crippen LogP contribution in [-0.4, -0.2) is 44.4 Å². The van der Waals surface area contributed by atoms with Crippen LogP contribution in [0.4, 0.5) is 26.0 Å². The molecule has 34 heavy (non-hydrogen) atoms. The molecule has 1 aliphatic rings. The van der Waals surface area contributed by atoms with Gasteiger partial charge in [-0.1, -0.05) is 19.9 Å². The molecular weight excluding hydrogens is 440 g/mol. The number of aromatic nitrogens is 3. The van der Waals surface area contributed by atoms with E-state index in [0.717, 1.165) is 12.2 Å². The van der Waals surface area contributed by atoms with Gasteiger partial charge in [0.2, 0.25) is 0 Å². The van der Waals surface area contributed by atoms with Crippen LogP contribution in [0.2, 0.25) is 0 Å². The van der Waals surface area contributed by atoms with Crippen LogP contribution in [0.15, 0.2) is 48.8 Å². The molecule has 1 fully saturated rings. The third kappa shape index (κ3) is 3.92. The standard InChI is InChI=1S/C25H25F2N5O2/c1-25(2)13-32(9-8-20(25)33)14-6-7-21(28-11-14)31-18-10-17(22-15(26)4-3-5-16(22)27)30-19-12-29-24(34)23(18)19/h3-7,10-12,20,29,33-34H,8-9,13H2,1-2H3,(H,28,31). The number of aliphatic hydroxyl groups is 1. The number of aromatic amines is 1. The van der Waals surface area contributed by atoms with E-state index in [0.29, 0.717) is 35.4 Å². The van der Waals surface area contributed by atoms with Crippen LogP contribution in [0.1, 0.15) is 20.3 Å². The number of pyridine rings is 2. The largest absolute Gasteiger partial charge is 0.494 e. The van der Waals surface area contributed by atoms with Crippen molar-refractivity contribution in [3.8, 4) is 17.1 Å². The highest BCUT2D eigenvalue weighted by Gasteiger charge is 2.34. The molecule has 3 aromatic heterocycles. The van der Waals surface area contributed by atoms with E-state index in [9.17, 15) is 19.0 Å². The summed E-state index contributed by atoms with van der Waals surface area (Å²) >= 11 is 0. The van der Waals surface area contributed by atoms with E-state index in [4.69, 9.17) is 0 Å². The van der Waals surface area contributed by atoms with Gasteiger partial charge in [-0.25, -0.2) is 18.7 Å². The number of nitrogens with one attached hydrogen (secondary N) is 2. The van der Waals surface area contributed by atoms with Crippen molar-refractivity contribution < 1.29 is 19.0 Å². The van der Waals surface area contributed by atoms with Crippen molar-refractivity contribution in [3.63, 3.8) is 0 Å². The molecule has 0 radical (unpaired) electrons. The first-order valence-corrected chi connectivity index (χ1v) is 11.0. The lowest BCUT2D eigenvalue weighted by Gasteiger charge is -2.42. The fourth-order valence-corrected chi connectivity index (χ4v) is 4.45. The van der Waals surface area contributed by atoms with Gasteiger partial charge in [0.05, 0.1) is 45.8 Å². The first-order valence-electron chi connectivity index (χ1n) is 11.0. The lowest BCUT2D eigenvalue weighted by Crippen LogP contribution is -2.48. The number of halogens is 2. The number of H-pyrrole nitrogens is 1. The molecule has 5 rings (SSSR count). The van der Waals surface area contributed by atoms with Gasteiger partial charge in [-0.2, -0.15) is 0 Å². The Morgan fingerprint density at radius 2 is 1.94 bits per heavy atom. The fraction of sp³-hybridized carbons (Fsp3) is 0.280. The number of anilines is 3. The molecule has 1 aromatic carbocycles. The Kier molecular flexibility index (Phi) is 5.36. The topological polar surface area (TPSA) is 97.3 Å². The molecule has 0 aliphatic carbocycles. The quantitative estimate of drug-likeness (QED) is 0.341. The normalized spacial score (nSPS) is 17.8. The maximum absolute atomic E-state index is 14.4. The summed E-state index contributed by atoms with van der Waals surface area (Å²) in [7, 11) is 0. The summed E-state index contributed by atoms with van der Waals surface area (Å²) in [5.41, 5.74) is 1.32. The monoisotopic (exact) mass is 465 g/mol. The number of hydrogen-bond donors (Lipinski definition) is 4. The Labute approximate surface area is 195 Å². The molecule has 0 saturated carbocycles. The maximum Gasteiger partial charge on any atom is 0.200 e. The minimum Gasteiger partial charge on any atom is -0.494 e. The molecule has 1 unspecified atom stereocenters. The zero-order valence-corrected chi connectivity index (χ0v) is 18.8. The molecule has 1 atom stereocenters. The van der Waals surface area contributed by atoms with E-state index in [-0.39, 0.29) is 28.7 Å². The van der Waals surface area contributed by atoms with Crippen LogP contribution in [0.3, 0.4) is 0 Å². The maximum atomic E-state index is 14.4. The summed E-state index contributed by atoms with van der Waals surface area (Å²) in [6.45, 7) is 5.53. The number of hydrogen-bond acceptors (Lipinski definition) is 6. The van der Waals surface area contributed by atoms with E-state index in [1.54, 1.807) is 12.3 Å². The SMILES string of the molecule is CC1(C)CN(c2ccc(Nc3cc(-c4c(F)cccc4F)nc4c[nH]c(O)c34)nc2)CCC1O. The Hall–Kier alpha value is -3.72. The average Bonchev–Trinajstić information content (AvgIpc) is 3.17. The van der Waals surface area contributed by atoms with Crippen molar-refractivity contribution in [2.24, 2.45) is 5.41 Å². The highest BCUT2D eigenvalue weighted by atomic mass is 19.1. The van der Waals surface area contributed by atoms with Gasteiger partial charge in [0, 0.05) is 24.7 Å². The van der Waals surface area contributed by atoms with Crippen molar-refractivity contribution in [3.05, 3.63) is 60.4 Å². The van der Waals surface area contributed by atoms with Crippen LogP contribution in [0, 0.1) is 17.0 Å². The van der Waals surface area contributed by atoms with E-state index in [1.165, 1.54) is 30.5 Å². The molecule has 176 valence electrons. The molecule has 4 heterocycles. The molecule has 0 spiro atoms. The molecule has 0 amide bonds. The van der Waals surface area contributed by atoms with Crippen LogP contribution >= 0.6 is 0 Å². The number of rotatable bonds is 4. The molecule has 4 aromatic rings. The molecule has 7 nitrogen and oxygen atoms in total. The van der Waals surface area contributed by atoms with Crippen molar-refractivity contribution in [1.29, 1.82) is 0 Å². The zero-order valence-electron chi connectivity index (χ0n) is 18.8. The van der Waals surface area contributed by atoms with Gasteiger partial charge in [0.25, 0.3) is 0 Å². The summed E-state index contributed by atoms with van der Waals surface area (Å²) in [5.74, 6) is -1.08. The number of benzene rings is 1. The van der Waals surface area contributed by atoms with Gasteiger partial charge >= 0.3 is 0 Å². The molecule has 4 N–H and O–H groups in total. The van der Waals surface area contributed by atoms with Crippen molar-refractivity contribution in [2.45, 2.75) is 26.4 Å². The second-order valence-corrected chi connectivity index (χ2v) is 9.29. The smallest absolute Gasteiger partial charge is 0.200 e. The van der Waals surface area contributed by atoms with Crippen molar-refractivity contribution in [2.75, 3.05) is 23.3 Å². The minimum absolute atomic E-state index is 0.0929. The summed E-state index contributed by atoms with van der Waals surface area (Å²) in [6, 6.07) is 8.86. The van der Waals surface area contributed by atoms with E-state index in [1.807, 2.05) is 19.9 Å². The molecule has 9 heteroatoms. The van der Waals surface area contributed by atoms with Gasteiger partial charge in [-0.15, -0.1) is 0 Å². The average molecular weight is 466 g/mol. The van der Waals surface area contributed by atoms with Crippen molar-refractivity contribution in [1.82, 2.24) is 15.0 Å². The highest BCUT2D eigenvalue weighted by Crippen LogP contribution is 2.37. The third-order valence-electron chi connectivity index (χ3n) is 6.40. The molecule has 1 saturated heterocycles. The van der Waals surface area contributed by atoms with Crippen LogP contribution in [0.25, 0.3) is 22.2 Å². The fourth-order valence-electron chi connectivity index (χ4n) is 4.45. The van der Waals surface area contributed by atoms with Crippen molar-refractivity contribution >= 4 is 28.1 Å². The lowest BCUT2D eigenvalue weighted by molar-refractivity contribution is 0.0336. The highest BCUT2D eigenvalue weighted by molar-refractivity contribution is 5.99. The number of nitrogens with zero attached hydrogens (tertiary/aromatic N) is 3. The van der Waals surface area contributed by atoms with Crippen LogP contribution < -0.4 is 10.2 Å². The summed E-state index contributed by atoms with van der Waals surface area (Å²) in [5, 5.41) is 24.0. The van der Waals surface area contributed by atoms with E-state index < -0.39 is 11.6 Å². The van der Waals surface area contributed by atoms with Gasteiger partial charge in [-0.3, -0.25) is 0 Å². The van der Waals surface area contributed by atoms with Crippen LogP contribution in [-0.2, 0) is 0 Å². The predicted octanol–water partition coefficient (Wildman–Crippen LogP) is 4.95. The number of fused-ring (bicyclic) bond motifs is 1. The van der Waals surface area contributed by atoms with Gasteiger partial charge in [0.15, 0.2) is 5.88 Å². The van der Waals surface area contributed by atoms with Crippen LogP contribution in [0.5, 0.6) is 5.88 Å². The van der Waals surface area contributed by atoms with Gasteiger partial charge < -0.3 is 25.4 Å². The first kappa shape index (κ1) is 22.1. The summed E-state index contributed by atoms with van der Waals surface area (Å²) < 4.78 is 28.8. The first-order chi connectivity index (χ1) is 16.2. The van der Waals surface area contributed by atoms with Gasteiger partial charge in [0.1, 0.15) is 17.5 Å². The Bertz CT molecular complexity index is 1330. The number of aliphatic hydroxyl groups excluding tert-OH is 1. The molecular formula is C25H25F2N5O2. The predicted molar refractivity (Wildman–Crippen MR) is 127 cm³/mol. The molecule has 0 bridgehead atoms. The number of aromatic hydroxyl groups is 1. The summed E-state index contributed by atoms with van der Waals surface area (Å²) in [4.78, 5) is 13.7. The lowest BCUT2D eigenvalue weighted by atomic mass is 9.81.